The van der Waals surface area contributed by atoms with E-state index in [4.69, 9.17) is 5.73 Å². The molecule has 2 aromatic rings. The minimum absolute atomic E-state index is 0.0302. The van der Waals surface area contributed by atoms with Crippen LogP contribution in [0.5, 0.6) is 0 Å². The van der Waals surface area contributed by atoms with Crippen molar-refractivity contribution in [2.24, 2.45) is 11.7 Å². The Hall–Kier alpha value is -2.40. The lowest BCUT2D eigenvalue weighted by Crippen LogP contribution is -2.47. The molecule has 128 valence electrons. The Morgan fingerprint density at radius 1 is 1.04 bits per heavy atom. The van der Waals surface area contributed by atoms with Gasteiger partial charge in [-0.25, -0.2) is 0 Å². The van der Waals surface area contributed by atoms with Crippen LogP contribution in [0, 0.1) is 5.92 Å². The highest BCUT2D eigenvalue weighted by Gasteiger charge is 2.18. The van der Waals surface area contributed by atoms with E-state index in [0.29, 0.717) is 0 Å². The number of carbonyl (C=O) groups is 2. The molecule has 2 rings (SSSR count). The Morgan fingerprint density at radius 2 is 1.71 bits per heavy atom. The number of hydrogen-bond donors (Lipinski definition) is 3. The van der Waals surface area contributed by atoms with E-state index >= 15 is 0 Å². The van der Waals surface area contributed by atoms with Crippen LogP contribution in [0.25, 0.3) is 10.8 Å². The largest absolute Gasteiger partial charge is 0.348 e. The average Bonchev–Trinajstić information content (AvgIpc) is 2.58. The maximum absolute atomic E-state index is 12.1. The number of benzene rings is 2. The number of nitrogens with one attached hydrogen (secondary N) is 2. The molecule has 0 spiro atoms. The van der Waals surface area contributed by atoms with E-state index in [1.807, 2.05) is 63.2 Å². The van der Waals surface area contributed by atoms with Crippen molar-refractivity contribution in [1.82, 2.24) is 10.6 Å². The summed E-state index contributed by atoms with van der Waals surface area (Å²) in [6.45, 7) is 5.59. The minimum atomic E-state index is -0.603. The van der Waals surface area contributed by atoms with Crippen molar-refractivity contribution in [3.05, 3.63) is 48.0 Å². The summed E-state index contributed by atoms with van der Waals surface area (Å²) in [6.07, 6.45) is 0. The first kappa shape index (κ1) is 17.9. The molecule has 0 aromatic heterocycles. The molecule has 0 saturated carbocycles. The first-order valence-corrected chi connectivity index (χ1v) is 8.20. The van der Waals surface area contributed by atoms with E-state index in [0.717, 1.165) is 16.3 Å². The second kappa shape index (κ2) is 7.93. The van der Waals surface area contributed by atoms with Gasteiger partial charge >= 0.3 is 0 Å². The van der Waals surface area contributed by atoms with Gasteiger partial charge in [0, 0.05) is 0 Å². The van der Waals surface area contributed by atoms with Crippen molar-refractivity contribution in [3.63, 3.8) is 0 Å². The smallest absolute Gasteiger partial charge is 0.239 e. The average molecular weight is 327 g/mol. The number of rotatable bonds is 6. The zero-order chi connectivity index (χ0) is 17.7. The number of carbonyl (C=O) groups excluding carboxylic acids is 2. The Bertz CT molecular complexity index is 722. The van der Waals surface area contributed by atoms with E-state index < -0.39 is 6.04 Å². The van der Waals surface area contributed by atoms with Crippen LogP contribution < -0.4 is 16.4 Å². The van der Waals surface area contributed by atoms with Gasteiger partial charge in [-0.2, -0.15) is 0 Å². The van der Waals surface area contributed by atoms with Crippen LogP contribution in [0.4, 0.5) is 0 Å². The van der Waals surface area contributed by atoms with Gasteiger partial charge < -0.3 is 16.4 Å². The summed E-state index contributed by atoms with van der Waals surface area (Å²) in [5.41, 5.74) is 6.80. The molecule has 0 aliphatic carbocycles. The SMILES string of the molecule is CC(NC(=O)CNC(=O)[C@@H](N)C(C)C)c1cccc2ccccc12. The zero-order valence-electron chi connectivity index (χ0n) is 14.4. The fourth-order valence-corrected chi connectivity index (χ4v) is 2.59. The molecule has 2 amide bonds. The molecular formula is C19H25N3O2. The highest BCUT2D eigenvalue weighted by Crippen LogP contribution is 2.23. The normalized spacial score (nSPS) is 13.5. The summed E-state index contributed by atoms with van der Waals surface area (Å²) in [5, 5.41) is 7.74. The molecule has 5 heteroatoms. The Labute approximate surface area is 142 Å². The number of fused-ring (bicyclic) bond motifs is 1. The van der Waals surface area contributed by atoms with Crippen LogP contribution in [-0.4, -0.2) is 24.4 Å². The van der Waals surface area contributed by atoms with Crippen LogP contribution in [-0.2, 0) is 9.59 Å². The Balaban J connectivity index is 1.97. The fraction of sp³-hybridized carbons (Fsp3) is 0.368. The molecule has 2 atom stereocenters. The second-order valence-corrected chi connectivity index (χ2v) is 6.35. The van der Waals surface area contributed by atoms with Crippen LogP contribution >= 0.6 is 0 Å². The van der Waals surface area contributed by atoms with Gasteiger partial charge in [0.15, 0.2) is 0 Å². The topological polar surface area (TPSA) is 84.2 Å². The molecule has 0 radical (unpaired) electrons. The van der Waals surface area contributed by atoms with Crippen LogP contribution in [0.15, 0.2) is 42.5 Å². The summed E-state index contributed by atoms with van der Waals surface area (Å²) in [4.78, 5) is 23.9. The number of hydrogen-bond acceptors (Lipinski definition) is 3. The van der Waals surface area contributed by atoms with Gasteiger partial charge in [-0.05, 0) is 29.2 Å². The van der Waals surface area contributed by atoms with Gasteiger partial charge in [-0.15, -0.1) is 0 Å². The first-order valence-electron chi connectivity index (χ1n) is 8.20. The Kier molecular flexibility index (Phi) is 5.93. The molecule has 0 heterocycles. The lowest BCUT2D eigenvalue weighted by Gasteiger charge is -2.18. The van der Waals surface area contributed by atoms with Crippen LogP contribution in [0.3, 0.4) is 0 Å². The number of amides is 2. The van der Waals surface area contributed by atoms with E-state index in [9.17, 15) is 9.59 Å². The molecule has 24 heavy (non-hydrogen) atoms. The van der Waals surface area contributed by atoms with Crippen molar-refractivity contribution in [1.29, 1.82) is 0 Å². The summed E-state index contributed by atoms with van der Waals surface area (Å²) in [7, 11) is 0. The monoisotopic (exact) mass is 327 g/mol. The van der Waals surface area contributed by atoms with Crippen molar-refractivity contribution < 1.29 is 9.59 Å². The van der Waals surface area contributed by atoms with Gasteiger partial charge in [0.25, 0.3) is 0 Å². The van der Waals surface area contributed by atoms with Crippen molar-refractivity contribution >= 4 is 22.6 Å². The molecule has 2 aromatic carbocycles. The molecule has 0 fully saturated rings. The molecular weight excluding hydrogens is 302 g/mol. The maximum Gasteiger partial charge on any atom is 0.239 e. The van der Waals surface area contributed by atoms with E-state index in [-0.39, 0.29) is 30.3 Å². The third-order valence-electron chi connectivity index (χ3n) is 4.11. The fourth-order valence-electron chi connectivity index (χ4n) is 2.59. The van der Waals surface area contributed by atoms with Gasteiger partial charge in [-0.3, -0.25) is 9.59 Å². The first-order chi connectivity index (χ1) is 11.4. The van der Waals surface area contributed by atoms with E-state index in [2.05, 4.69) is 10.6 Å². The Morgan fingerprint density at radius 3 is 2.42 bits per heavy atom. The minimum Gasteiger partial charge on any atom is -0.348 e. The van der Waals surface area contributed by atoms with Crippen molar-refractivity contribution in [2.45, 2.75) is 32.9 Å². The summed E-state index contributed by atoms with van der Waals surface area (Å²) in [6, 6.07) is 13.3. The molecule has 1 unspecified atom stereocenters. The molecule has 0 aliphatic rings. The standard InChI is InChI=1S/C19H25N3O2/c1-12(2)18(20)19(24)21-11-17(23)22-13(3)15-10-6-8-14-7-4-5-9-16(14)15/h4-10,12-13,18H,11,20H2,1-3H3,(H,21,24)(H,22,23)/t13?,18-/m0/s1. The van der Waals surface area contributed by atoms with Crippen LogP contribution in [0.2, 0.25) is 0 Å². The van der Waals surface area contributed by atoms with Gasteiger partial charge in [-0.1, -0.05) is 56.3 Å². The zero-order valence-corrected chi connectivity index (χ0v) is 14.4. The lowest BCUT2D eigenvalue weighted by molar-refractivity contribution is -0.127. The summed E-state index contributed by atoms with van der Waals surface area (Å²) in [5.74, 6) is -0.514. The molecule has 0 aliphatic heterocycles. The second-order valence-electron chi connectivity index (χ2n) is 6.35. The molecule has 5 nitrogen and oxygen atoms in total. The predicted octanol–water partition coefficient (Wildman–Crippen LogP) is 2.12. The lowest BCUT2D eigenvalue weighted by atomic mass is 10.00. The number of nitrogens with two attached hydrogens (primary N) is 1. The van der Waals surface area contributed by atoms with Gasteiger partial charge in [0.2, 0.25) is 11.8 Å². The summed E-state index contributed by atoms with van der Waals surface area (Å²) < 4.78 is 0. The van der Waals surface area contributed by atoms with Crippen LogP contribution in [0.1, 0.15) is 32.4 Å². The van der Waals surface area contributed by atoms with Gasteiger partial charge in [0.05, 0.1) is 18.6 Å². The highest BCUT2D eigenvalue weighted by atomic mass is 16.2. The van der Waals surface area contributed by atoms with E-state index in [1.54, 1.807) is 0 Å². The molecule has 0 saturated heterocycles. The molecule has 4 N–H and O–H groups in total. The third kappa shape index (κ3) is 4.32. The van der Waals surface area contributed by atoms with Crippen molar-refractivity contribution in [3.8, 4) is 0 Å². The molecule has 0 bridgehead atoms. The van der Waals surface area contributed by atoms with E-state index in [1.165, 1.54) is 0 Å². The maximum atomic E-state index is 12.1. The quantitative estimate of drug-likeness (QED) is 0.760. The third-order valence-corrected chi connectivity index (χ3v) is 4.11. The predicted molar refractivity (Wildman–Crippen MR) is 96.3 cm³/mol. The van der Waals surface area contributed by atoms with Gasteiger partial charge in [0.1, 0.15) is 0 Å². The summed E-state index contributed by atoms with van der Waals surface area (Å²) >= 11 is 0. The van der Waals surface area contributed by atoms with Crippen molar-refractivity contribution in [2.75, 3.05) is 6.54 Å². The highest BCUT2D eigenvalue weighted by molar-refractivity contribution is 5.89.